The summed E-state index contributed by atoms with van der Waals surface area (Å²) >= 11 is 0. The minimum Gasteiger partial charge on any atom is -0.327 e. The molecule has 0 aliphatic heterocycles. The largest absolute Gasteiger partial charge is 0.327 e. The average Bonchev–Trinajstić information content (AvgIpc) is 2.39. The molecule has 2 aliphatic carbocycles. The van der Waals surface area contributed by atoms with Gasteiger partial charge in [0, 0.05) is 6.04 Å². The van der Waals surface area contributed by atoms with Crippen LogP contribution in [0.15, 0.2) is 0 Å². The first-order valence-electron chi connectivity index (χ1n) is 5.27. The Balaban J connectivity index is 1.75. The van der Waals surface area contributed by atoms with Crippen molar-refractivity contribution >= 4 is 0 Å². The van der Waals surface area contributed by atoms with Crippen molar-refractivity contribution in [2.75, 3.05) is 13.1 Å². The maximum absolute atomic E-state index is 5.93. The van der Waals surface area contributed by atoms with Gasteiger partial charge in [-0.05, 0) is 50.1 Å². The van der Waals surface area contributed by atoms with Crippen LogP contribution in [0, 0.1) is 17.8 Å². The van der Waals surface area contributed by atoms with Crippen LogP contribution < -0.4 is 11.1 Å². The van der Waals surface area contributed by atoms with Crippen molar-refractivity contribution in [2.24, 2.45) is 23.5 Å². The topological polar surface area (TPSA) is 38.0 Å². The van der Waals surface area contributed by atoms with Crippen LogP contribution in [0.1, 0.15) is 26.2 Å². The number of rotatable bonds is 3. The van der Waals surface area contributed by atoms with E-state index in [-0.39, 0.29) is 0 Å². The highest BCUT2D eigenvalue weighted by Crippen LogP contribution is 2.48. The van der Waals surface area contributed by atoms with Gasteiger partial charge >= 0.3 is 0 Å². The highest BCUT2D eigenvalue weighted by molar-refractivity contribution is 4.99. The molecule has 0 aromatic carbocycles. The summed E-state index contributed by atoms with van der Waals surface area (Å²) in [6, 6.07) is 0.543. The summed E-state index contributed by atoms with van der Waals surface area (Å²) in [6.45, 7) is 4.50. The van der Waals surface area contributed by atoms with E-state index in [1.807, 2.05) is 0 Å². The summed E-state index contributed by atoms with van der Waals surface area (Å²) in [4.78, 5) is 0. The molecule has 0 amide bonds. The molecule has 0 radical (unpaired) electrons. The Kier molecular flexibility index (Phi) is 2.37. The molecule has 0 heterocycles. The molecule has 0 bridgehead atoms. The van der Waals surface area contributed by atoms with Crippen LogP contribution in [0.4, 0.5) is 0 Å². The Hall–Kier alpha value is -0.0800. The molecule has 0 aromatic rings. The van der Waals surface area contributed by atoms with Crippen LogP contribution in [0.5, 0.6) is 0 Å². The van der Waals surface area contributed by atoms with Gasteiger partial charge in [-0.25, -0.2) is 0 Å². The highest BCUT2D eigenvalue weighted by atomic mass is 14.9. The van der Waals surface area contributed by atoms with E-state index >= 15 is 0 Å². The smallest absolute Gasteiger partial charge is 0.00726 e. The first-order valence-corrected chi connectivity index (χ1v) is 5.27. The van der Waals surface area contributed by atoms with Gasteiger partial charge in [0.15, 0.2) is 0 Å². The normalized spacial score (nSPS) is 45.5. The number of hydrogen-bond donors (Lipinski definition) is 2. The first kappa shape index (κ1) is 8.52. The molecule has 2 fully saturated rings. The van der Waals surface area contributed by atoms with Gasteiger partial charge in [-0.3, -0.25) is 0 Å². The predicted molar refractivity (Wildman–Crippen MR) is 50.8 cm³/mol. The lowest BCUT2D eigenvalue weighted by Gasteiger charge is -2.37. The van der Waals surface area contributed by atoms with E-state index in [0.29, 0.717) is 6.04 Å². The fourth-order valence-corrected chi connectivity index (χ4v) is 2.92. The molecule has 2 nitrogen and oxygen atoms in total. The van der Waals surface area contributed by atoms with E-state index in [0.717, 1.165) is 24.3 Å². The lowest BCUT2D eigenvalue weighted by atomic mass is 9.72. The third-order valence-corrected chi connectivity index (χ3v) is 3.65. The third kappa shape index (κ3) is 1.38. The van der Waals surface area contributed by atoms with Crippen LogP contribution in [-0.4, -0.2) is 19.1 Å². The number of nitrogens with two attached hydrogens (primary N) is 1. The molecule has 4 atom stereocenters. The molecule has 2 aliphatic rings. The fourth-order valence-electron chi connectivity index (χ4n) is 2.92. The van der Waals surface area contributed by atoms with Crippen LogP contribution >= 0.6 is 0 Å². The molecule has 2 rings (SSSR count). The van der Waals surface area contributed by atoms with Gasteiger partial charge in [-0.15, -0.1) is 0 Å². The summed E-state index contributed by atoms with van der Waals surface area (Å²) < 4.78 is 0. The van der Waals surface area contributed by atoms with Crippen molar-refractivity contribution in [2.45, 2.75) is 32.2 Å². The van der Waals surface area contributed by atoms with Gasteiger partial charge in [0.2, 0.25) is 0 Å². The molecule has 0 spiro atoms. The van der Waals surface area contributed by atoms with Gasteiger partial charge in [0.1, 0.15) is 0 Å². The van der Waals surface area contributed by atoms with Gasteiger partial charge in [0.25, 0.3) is 0 Å². The number of fused-ring (bicyclic) bond motifs is 1. The van der Waals surface area contributed by atoms with E-state index in [9.17, 15) is 0 Å². The SMILES string of the molecule is CCNCC1CC2CC(N)C2C1. The molecule has 2 saturated carbocycles. The van der Waals surface area contributed by atoms with Crippen molar-refractivity contribution in [3.05, 3.63) is 0 Å². The van der Waals surface area contributed by atoms with Crippen molar-refractivity contribution in [3.63, 3.8) is 0 Å². The maximum atomic E-state index is 5.93. The minimum atomic E-state index is 0.543. The molecular weight excluding hydrogens is 148 g/mol. The lowest BCUT2D eigenvalue weighted by Crippen LogP contribution is -2.44. The zero-order valence-electron chi connectivity index (χ0n) is 7.92. The van der Waals surface area contributed by atoms with Crippen molar-refractivity contribution < 1.29 is 0 Å². The van der Waals surface area contributed by atoms with Crippen LogP contribution in [0.25, 0.3) is 0 Å². The molecule has 0 saturated heterocycles. The van der Waals surface area contributed by atoms with E-state index < -0.39 is 0 Å². The molecular formula is C10H20N2. The van der Waals surface area contributed by atoms with E-state index in [1.165, 1.54) is 25.8 Å². The molecule has 0 aromatic heterocycles. The van der Waals surface area contributed by atoms with Crippen molar-refractivity contribution in [1.29, 1.82) is 0 Å². The van der Waals surface area contributed by atoms with Crippen LogP contribution in [0.3, 0.4) is 0 Å². The van der Waals surface area contributed by atoms with Crippen molar-refractivity contribution in [3.8, 4) is 0 Å². The van der Waals surface area contributed by atoms with E-state index in [4.69, 9.17) is 5.73 Å². The fraction of sp³-hybridized carbons (Fsp3) is 1.00. The predicted octanol–water partition coefficient (Wildman–Crippen LogP) is 0.969. The Morgan fingerprint density at radius 2 is 2.17 bits per heavy atom. The molecule has 70 valence electrons. The minimum absolute atomic E-state index is 0.543. The van der Waals surface area contributed by atoms with Gasteiger partial charge in [-0.1, -0.05) is 6.92 Å². The number of nitrogens with one attached hydrogen (secondary N) is 1. The standard InChI is InChI=1S/C10H20N2/c1-2-12-6-7-3-8-5-10(11)9(8)4-7/h7-10,12H,2-6,11H2,1H3. The molecule has 3 N–H and O–H groups in total. The Bertz CT molecular complexity index is 158. The zero-order valence-corrected chi connectivity index (χ0v) is 7.92. The van der Waals surface area contributed by atoms with E-state index in [2.05, 4.69) is 12.2 Å². The summed E-state index contributed by atoms with van der Waals surface area (Å²) in [6.07, 6.45) is 4.12. The summed E-state index contributed by atoms with van der Waals surface area (Å²) in [5, 5.41) is 3.43. The van der Waals surface area contributed by atoms with E-state index in [1.54, 1.807) is 0 Å². The summed E-state index contributed by atoms with van der Waals surface area (Å²) in [7, 11) is 0. The third-order valence-electron chi connectivity index (χ3n) is 3.65. The van der Waals surface area contributed by atoms with Crippen LogP contribution in [0.2, 0.25) is 0 Å². The van der Waals surface area contributed by atoms with Gasteiger partial charge in [-0.2, -0.15) is 0 Å². The van der Waals surface area contributed by atoms with Gasteiger partial charge < -0.3 is 11.1 Å². The summed E-state index contributed by atoms with van der Waals surface area (Å²) in [5.74, 6) is 2.80. The Morgan fingerprint density at radius 3 is 2.75 bits per heavy atom. The monoisotopic (exact) mass is 168 g/mol. The Labute approximate surface area is 74.9 Å². The lowest BCUT2D eigenvalue weighted by molar-refractivity contribution is 0.173. The second-order valence-corrected chi connectivity index (χ2v) is 4.47. The summed E-state index contributed by atoms with van der Waals surface area (Å²) in [5.41, 5.74) is 5.93. The molecule has 12 heavy (non-hydrogen) atoms. The average molecular weight is 168 g/mol. The molecule has 2 heteroatoms. The quantitative estimate of drug-likeness (QED) is 0.659. The Morgan fingerprint density at radius 1 is 1.33 bits per heavy atom. The van der Waals surface area contributed by atoms with Gasteiger partial charge in [0.05, 0.1) is 0 Å². The van der Waals surface area contributed by atoms with Crippen molar-refractivity contribution in [1.82, 2.24) is 5.32 Å². The zero-order chi connectivity index (χ0) is 8.55. The first-order chi connectivity index (χ1) is 5.81. The second-order valence-electron chi connectivity index (χ2n) is 4.47. The highest BCUT2D eigenvalue weighted by Gasteiger charge is 2.45. The molecule has 4 unspecified atom stereocenters. The van der Waals surface area contributed by atoms with Crippen LogP contribution in [-0.2, 0) is 0 Å². The second kappa shape index (κ2) is 3.35. The maximum Gasteiger partial charge on any atom is 0.00726 e. The number of hydrogen-bond acceptors (Lipinski definition) is 2.